The number of methoxy groups -OCH3 is 2. The Kier molecular flexibility index (Phi) is 5.47. The Labute approximate surface area is 139 Å². The van der Waals surface area contributed by atoms with E-state index >= 15 is 0 Å². The van der Waals surface area contributed by atoms with Crippen LogP contribution in [-0.2, 0) is 17.9 Å². The summed E-state index contributed by atoms with van der Waals surface area (Å²) in [5.41, 5.74) is 0.936. The second-order valence-corrected chi connectivity index (χ2v) is 5.25. The fraction of sp³-hybridized carbons (Fsp3) is 0.294. The van der Waals surface area contributed by atoms with Crippen molar-refractivity contribution >= 4 is 5.91 Å². The Balaban J connectivity index is 2.03. The van der Waals surface area contributed by atoms with Crippen LogP contribution in [0.2, 0.25) is 0 Å². The van der Waals surface area contributed by atoms with Gasteiger partial charge in [-0.1, -0.05) is 6.07 Å². The van der Waals surface area contributed by atoms with Gasteiger partial charge in [0.25, 0.3) is 5.56 Å². The zero-order valence-electron chi connectivity index (χ0n) is 13.8. The van der Waals surface area contributed by atoms with Gasteiger partial charge in [-0.3, -0.25) is 9.59 Å². The molecule has 0 bridgehead atoms. The van der Waals surface area contributed by atoms with E-state index in [9.17, 15) is 14.7 Å². The number of rotatable bonds is 6. The molecule has 7 heteroatoms. The molecule has 1 amide bonds. The molecule has 0 atom stereocenters. The highest BCUT2D eigenvalue weighted by molar-refractivity contribution is 5.75. The predicted octanol–water partition coefficient (Wildman–Crippen LogP) is 1.20. The first-order valence-electron chi connectivity index (χ1n) is 7.32. The summed E-state index contributed by atoms with van der Waals surface area (Å²) in [6.07, 6.45) is 0. The Morgan fingerprint density at radius 2 is 1.88 bits per heavy atom. The van der Waals surface area contributed by atoms with Crippen molar-refractivity contribution in [2.75, 3.05) is 14.2 Å². The van der Waals surface area contributed by atoms with Crippen molar-refractivity contribution in [3.63, 3.8) is 0 Å². The van der Waals surface area contributed by atoms with Gasteiger partial charge in [0.1, 0.15) is 12.3 Å². The summed E-state index contributed by atoms with van der Waals surface area (Å²) < 4.78 is 11.7. The second kappa shape index (κ2) is 7.54. The Bertz CT molecular complexity index is 798. The first-order chi connectivity index (χ1) is 11.4. The van der Waals surface area contributed by atoms with Crippen LogP contribution in [0.15, 0.2) is 35.1 Å². The molecule has 0 aliphatic rings. The van der Waals surface area contributed by atoms with Crippen molar-refractivity contribution in [1.82, 2.24) is 9.88 Å². The molecule has 1 heterocycles. The summed E-state index contributed by atoms with van der Waals surface area (Å²) in [7, 11) is 3.09. The van der Waals surface area contributed by atoms with Gasteiger partial charge >= 0.3 is 0 Å². The van der Waals surface area contributed by atoms with E-state index in [1.165, 1.54) is 10.6 Å². The Morgan fingerprint density at radius 3 is 2.50 bits per heavy atom. The number of aryl methyl sites for hydroxylation is 1. The fourth-order valence-corrected chi connectivity index (χ4v) is 2.31. The summed E-state index contributed by atoms with van der Waals surface area (Å²) >= 11 is 0. The number of carbonyl (C=O) groups excluding carboxylic acids is 1. The number of benzene rings is 1. The number of pyridine rings is 1. The van der Waals surface area contributed by atoms with E-state index in [2.05, 4.69) is 5.32 Å². The maximum Gasteiger partial charge on any atom is 0.254 e. The minimum absolute atomic E-state index is 0.112. The SMILES string of the molecule is COc1ccc(CNC(=O)Cn2c(C)cc(O)cc2=O)cc1OC. The van der Waals surface area contributed by atoms with Crippen LogP contribution in [0.4, 0.5) is 0 Å². The highest BCUT2D eigenvalue weighted by Gasteiger charge is 2.09. The van der Waals surface area contributed by atoms with E-state index < -0.39 is 5.56 Å². The molecular formula is C17H20N2O5. The molecule has 0 aliphatic carbocycles. The molecule has 128 valence electrons. The normalized spacial score (nSPS) is 10.3. The van der Waals surface area contributed by atoms with Gasteiger partial charge in [-0.2, -0.15) is 0 Å². The number of amides is 1. The maximum absolute atomic E-state index is 12.1. The zero-order valence-corrected chi connectivity index (χ0v) is 13.8. The largest absolute Gasteiger partial charge is 0.508 e. The number of ether oxygens (including phenoxy) is 2. The Morgan fingerprint density at radius 1 is 1.17 bits per heavy atom. The van der Waals surface area contributed by atoms with Gasteiger partial charge in [-0.15, -0.1) is 0 Å². The average molecular weight is 332 g/mol. The van der Waals surface area contributed by atoms with E-state index in [4.69, 9.17) is 9.47 Å². The molecule has 0 radical (unpaired) electrons. The van der Waals surface area contributed by atoms with Crippen molar-refractivity contribution in [3.05, 3.63) is 51.9 Å². The van der Waals surface area contributed by atoms with Crippen LogP contribution in [-0.4, -0.2) is 29.8 Å². The lowest BCUT2D eigenvalue weighted by molar-refractivity contribution is -0.121. The molecule has 0 fully saturated rings. The monoisotopic (exact) mass is 332 g/mol. The van der Waals surface area contributed by atoms with Crippen molar-refractivity contribution in [1.29, 1.82) is 0 Å². The third-order valence-electron chi connectivity index (χ3n) is 3.56. The van der Waals surface area contributed by atoms with Gasteiger partial charge < -0.3 is 24.5 Å². The number of hydrogen-bond acceptors (Lipinski definition) is 5. The minimum atomic E-state index is -0.422. The van der Waals surface area contributed by atoms with Crippen LogP contribution in [0.1, 0.15) is 11.3 Å². The van der Waals surface area contributed by atoms with Gasteiger partial charge in [0.15, 0.2) is 11.5 Å². The van der Waals surface area contributed by atoms with Crippen molar-refractivity contribution in [2.45, 2.75) is 20.0 Å². The minimum Gasteiger partial charge on any atom is -0.508 e. The lowest BCUT2D eigenvalue weighted by Crippen LogP contribution is -2.32. The van der Waals surface area contributed by atoms with Gasteiger partial charge in [-0.05, 0) is 30.7 Å². The number of nitrogens with one attached hydrogen (secondary N) is 1. The van der Waals surface area contributed by atoms with Gasteiger partial charge in [0.2, 0.25) is 5.91 Å². The molecule has 0 spiro atoms. The molecule has 1 aromatic heterocycles. The first-order valence-corrected chi connectivity index (χ1v) is 7.32. The zero-order chi connectivity index (χ0) is 17.7. The molecule has 0 saturated heterocycles. The molecule has 0 unspecified atom stereocenters. The summed E-state index contributed by atoms with van der Waals surface area (Å²) in [4.78, 5) is 23.9. The summed E-state index contributed by atoms with van der Waals surface area (Å²) in [5.74, 6) is 0.772. The molecule has 2 aromatic rings. The van der Waals surface area contributed by atoms with Crippen LogP contribution in [0.3, 0.4) is 0 Å². The van der Waals surface area contributed by atoms with E-state index in [0.717, 1.165) is 11.6 Å². The third kappa shape index (κ3) is 4.07. The molecule has 0 aliphatic heterocycles. The standard InChI is InChI=1S/C17H20N2O5/c1-11-6-13(20)8-17(22)19(11)10-16(21)18-9-12-4-5-14(23-2)15(7-12)24-3/h4-8,20H,9-10H2,1-3H3,(H,18,21). The predicted molar refractivity (Wildman–Crippen MR) is 88.5 cm³/mol. The van der Waals surface area contributed by atoms with Crippen molar-refractivity contribution in [2.24, 2.45) is 0 Å². The van der Waals surface area contributed by atoms with E-state index in [0.29, 0.717) is 23.7 Å². The first kappa shape index (κ1) is 17.4. The van der Waals surface area contributed by atoms with Crippen LogP contribution < -0.4 is 20.3 Å². The van der Waals surface area contributed by atoms with Crippen LogP contribution in [0, 0.1) is 6.92 Å². The number of aromatic hydroxyl groups is 1. The topological polar surface area (TPSA) is 89.8 Å². The second-order valence-electron chi connectivity index (χ2n) is 5.25. The number of aromatic nitrogens is 1. The molecule has 7 nitrogen and oxygen atoms in total. The van der Waals surface area contributed by atoms with E-state index in [-0.39, 0.29) is 18.2 Å². The quantitative estimate of drug-likeness (QED) is 0.829. The summed E-state index contributed by atoms with van der Waals surface area (Å²) in [6, 6.07) is 7.86. The summed E-state index contributed by atoms with van der Waals surface area (Å²) in [6.45, 7) is 1.84. The van der Waals surface area contributed by atoms with Gasteiger partial charge in [0.05, 0.1) is 14.2 Å². The van der Waals surface area contributed by atoms with Crippen molar-refractivity contribution < 1.29 is 19.4 Å². The van der Waals surface area contributed by atoms with Crippen LogP contribution >= 0.6 is 0 Å². The lowest BCUT2D eigenvalue weighted by Gasteiger charge is -2.12. The molecule has 2 rings (SSSR count). The highest BCUT2D eigenvalue weighted by Crippen LogP contribution is 2.27. The lowest BCUT2D eigenvalue weighted by atomic mass is 10.2. The molecule has 1 aromatic carbocycles. The van der Waals surface area contributed by atoms with Crippen molar-refractivity contribution in [3.8, 4) is 17.2 Å². The van der Waals surface area contributed by atoms with Crippen LogP contribution in [0.25, 0.3) is 0 Å². The number of hydrogen-bond donors (Lipinski definition) is 2. The smallest absolute Gasteiger partial charge is 0.254 e. The Hall–Kier alpha value is -2.96. The molecule has 0 saturated carbocycles. The molecule has 2 N–H and O–H groups in total. The van der Waals surface area contributed by atoms with Crippen LogP contribution in [0.5, 0.6) is 17.2 Å². The van der Waals surface area contributed by atoms with E-state index in [1.807, 2.05) is 6.07 Å². The maximum atomic E-state index is 12.1. The molecule has 24 heavy (non-hydrogen) atoms. The van der Waals surface area contributed by atoms with Gasteiger partial charge in [-0.25, -0.2) is 0 Å². The fourth-order valence-electron chi connectivity index (χ4n) is 2.31. The summed E-state index contributed by atoms with van der Waals surface area (Å²) in [5, 5.41) is 12.1. The van der Waals surface area contributed by atoms with E-state index in [1.54, 1.807) is 33.3 Å². The average Bonchev–Trinajstić information content (AvgIpc) is 2.55. The number of carbonyl (C=O) groups is 1. The number of nitrogens with zero attached hydrogens (tertiary/aromatic N) is 1. The van der Waals surface area contributed by atoms with Gasteiger partial charge in [0, 0.05) is 18.3 Å². The molecular weight excluding hydrogens is 312 g/mol. The highest BCUT2D eigenvalue weighted by atomic mass is 16.5. The third-order valence-corrected chi connectivity index (χ3v) is 3.56.